The monoisotopic (exact) mass is 655 g/mol. The van der Waals surface area contributed by atoms with E-state index in [9.17, 15) is 27.6 Å². The van der Waals surface area contributed by atoms with Gasteiger partial charge in [0.1, 0.15) is 29.6 Å². The van der Waals surface area contributed by atoms with Crippen molar-refractivity contribution in [2.24, 2.45) is 0 Å². The van der Waals surface area contributed by atoms with Gasteiger partial charge in [0.25, 0.3) is 11.8 Å². The first-order valence-corrected chi connectivity index (χ1v) is 18.4. The van der Waals surface area contributed by atoms with Crippen LogP contribution in [0.4, 0.5) is 13.2 Å². The second-order valence-electron chi connectivity index (χ2n) is 13.5. The van der Waals surface area contributed by atoms with Gasteiger partial charge >= 0.3 is 0 Å². The fourth-order valence-corrected chi connectivity index (χ4v) is 6.70. The van der Waals surface area contributed by atoms with Gasteiger partial charge in [-0.1, -0.05) is 51.1 Å². The molecule has 0 spiro atoms. The lowest BCUT2D eigenvalue weighted by Crippen LogP contribution is -2.52. The zero-order valence-corrected chi connectivity index (χ0v) is 27.8. The lowest BCUT2D eigenvalue weighted by atomic mass is 10.1. The van der Waals surface area contributed by atoms with Crippen molar-refractivity contribution < 1.29 is 31.9 Å². The van der Waals surface area contributed by atoms with Crippen molar-refractivity contribution in [1.29, 1.82) is 0 Å². The number of nitrogens with zero attached hydrogens (tertiary/aromatic N) is 2. The highest BCUT2D eigenvalue weighted by molar-refractivity contribution is 6.74. The first-order chi connectivity index (χ1) is 21.7. The highest BCUT2D eigenvalue weighted by Crippen LogP contribution is 2.39. The molecule has 1 saturated heterocycles. The molecular weight excluding hydrogens is 615 g/mol. The smallest absolute Gasteiger partial charge is 0.274 e. The molecule has 46 heavy (non-hydrogen) atoms. The Morgan fingerprint density at radius 2 is 1.72 bits per heavy atom. The maximum absolute atomic E-state index is 14.3. The third-order valence-corrected chi connectivity index (χ3v) is 13.9. The second-order valence-corrected chi connectivity index (χ2v) is 18.3. The van der Waals surface area contributed by atoms with E-state index in [1.165, 1.54) is 6.20 Å². The van der Waals surface area contributed by atoms with Gasteiger partial charge in [-0.2, -0.15) is 0 Å². The van der Waals surface area contributed by atoms with Crippen LogP contribution in [-0.2, 0) is 17.6 Å². The maximum atomic E-state index is 14.3. The Bertz CT molecular complexity index is 1670. The SMILES string of the molecule is CC(C)(C)[Si](C)(C)OCC1CCCC2CN1C(=O)c1c(OCc3ccccc3)c(=O)c(C(=O)NCc3c(F)cc(F)cc3F)cn12. The van der Waals surface area contributed by atoms with Crippen molar-refractivity contribution >= 4 is 20.1 Å². The average molecular weight is 656 g/mol. The molecule has 1 aromatic heterocycles. The summed E-state index contributed by atoms with van der Waals surface area (Å²) in [6, 6.07) is 9.69. The minimum atomic E-state index is -2.10. The number of nitrogens with one attached hydrogen (secondary N) is 1. The fraction of sp³-hybridized carbons (Fsp3) is 0.441. The molecule has 2 atom stereocenters. The predicted molar refractivity (Wildman–Crippen MR) is 170 cm³/mol. The predicted octanol–water partition coefficient (Wildman–Crippen LogP) is 6.35. The number of pyridine rings is 1. The molecule has 0 radical (unpaired) electrons. The van der Waals surface area contributed by atoms with Crippen molar-refractivity contribution in [3.8, 4) is 5.75 Å². The van der Waals surface area contributed by atoms with Gasteiger partial charge in [0.2, 0.25) is 5.43 Å². The first kappa shape index (κ1) is 33.5. The van der Waals surface area contributed by atoms with Crippen LogP contribution in [0, 0.1) is 17.5 Å². The van der Waals surface area contributed by atoms with Crippen LogP contribution in [0.25, 0.3) is 0 Å². The molecule has 2 aliphatic rings. The van der Waals surface area contributed by atoms with Gasteiger partial charge in [0, 0.05) is 37.0 Å². The number of carbonyl (C=O) groups excluding carboxylic acids is 2. The molecule has 0 saturated carbocycles. The lowest BCUT2D eigenvalue weighted by Gasteiger charge is -2.41. The summed E-state index contributed by atoms with van der Waals surface area (Å²) in [5, 5.41) is 2.37. The van der Waals surface area contributed by atoms with Crippen LogP contribution in [0.2, 0.25) is 18.1 Å². The van der Waals surface area contributed by atoms with Crippen LogP contribution < -0.4 is 15.5 Å². The van der Waals surface area contributed by atoms with E-state index in [1.54, 1.807) is 9.47 Å². The molecule has 0 aliphatic carbocycles. The van der Waals surface area contributed by atoms with Crippen LogP contribution in [0.3, 0.4) is 0 Å². The zero-order valence-electron chi connectivity index (χ0n) is 26.8. The molecular formula is C34H40F3N3O5Si. The molecule has 1 N–H and O–H groups in total. The fourth-order valence-electron chi connectivity index (χ4n) is 5.65. The molecule has 8 nitrogen and oxygen atoms in total. The Morgan fingerprint density at radius 3 is 2.37 bits per heavy atom. The minimum Gasteiger partial charge on any atom is -0.483 e. The Hall–Kier alpha value is -3.90. The van der Waals surface area contributed by atoms with Crippen molar-refractivity contribution in [3.63, 3.8) is 0 Å². The van der Waals surface area contributed by atoms with Gasteiger partial charge < -0.3 is 23.9 Å². The standard InChI is InChI=1S/C34H40F3N3O5Si/c1-34(2,3)46(4,5)45-20-24-13-9-12-23-17-40(24)33(43)29-31(44-19-21-10-7-6-8-11-21)30(41)26(18-39(23)29)32(42)38-16-25-27(36)14-22(35)15-28(25)37/h6-8,10-11,14-15,18,23-24H,9,12-13,16-17,19-20H2,1-5H3,(H,38,42). The summed E-state index contributed by atoms with van der Waals surface area (Å²) in [7, 11) is -2.10. The summed E-state index contributed by atoms with van der Waals surface area (Å²) < 4.78 is 56.1. The van der Waals surface area contributed by atoms with Crippen molar-refractivity contribution in [1.82, 2.24) is 14.8 Å². The molecule has 2 bridgehead atoms. The molecule has 246 valence electrons. The van der Waals surface area contributed by atoms with Gasteiger partial charge in [-0.25, -0.2) is 13.2 Å². The molecule has 3 aromatic rings. The minimum absolute atomic E-state index is 0.00422. The van der Waals surface area contributed by atoms with E-state index in [0.717, 1.165) is 18.4 Å². The summed E-state index contributed by atoms with van der Waals surface area (Å²) in [6.07, 6.45) is 3.53. The van der Waals surface area contributed by atoms with E-state index in [4.69, 9.17) is 9.16 Å². The van der Waals surface area contributed by atoms with E-state index >= 15 is 0 Å². The first-order valence-electron chi connectivity index (χ1n) is 15.5. The molecule has 2 amide bonds. The molecule has 3 heterocycles. The second kappa shape index (κ2) is 13.1. The molecule has 12 heteroatoms. The van der Waals surface area contributed by atoms with E-state index in [2.05, 4.69) is 39.2 Å². The van der Waals surface area contributed by atoms with Crippen molar-refractivity contribution in [2.45, 2.75) is 83.4 Å². The number of hydrogen-bond donors (Lipinski definition) is 1. The van der Waals surface area contributed by atoms with E-state index in [0.29, 0.717) is 31.7 Å². The number of halogens is 3. The number of fused-ring (bicyclic) bond motifs is 4. The van der Waals surface area contributed by atoms with Crippen LogP contribution in [0.15, 0.2) is 53.5 Å². The van der Waals surface area contributed by atoms with E-state index in [1.807, 2.05) is 30.3 Å². The number of amides is 2. The Morgan fingerprint density at radius 1 is 1.04 bits per heavy atom. The Kier molecular flexibility index (Phi) is 9.51. The number of aromatic nitrogens is 1. The third-order valence-electron chi connectivity index (χ3n) is 9.42. The molecule has 2 aromatic carbocycles. The van der Waals surface area contributed by atoms with Gasteiger partial charge in [-0.15, -0.1) is 0 Å². The van der Waals surface area contributed by atoms with Crippen LogP contribution in [0.1, 0.15) is 78.0 Å². The van der Waals surface area contributed by atoms with Gasteiger partial charge in [0.05, 0.1) is 18.7 Å². The van der Waals surface area contributed by atoms with Crippen LogP contribution >= 0.6 is 0 Å². The molecule has 5 rings (SSSR count). The number of carbonyl (C=O) groups is 2. The highest BCUT2D eigenvalue weighted by Gasteiger charge is 2.43. The van der Waals surface area contributed by atoms with Crippen LogP contribution in [-0.4, -0.2) is 48.8 Å². The summed E-state index contributed by atoms with van der Waals surface area (Å²) in [5.41, 5.74) is -0.892. The maximum Gasteiger partial charge on any atom is 0.274 e. The van der Waals surface area contributed by atoms with Gasteiger partial charge in [0.15, 0.2) is 19.8 Å². The van der Waals surface area contributed by atoms with Crippen LogP contribution in [0.5, 0.6) is 5.75 Å². The zero-order chi connectivity index (χ0) is 33.4. The number of hydrogen-bond acceptors (Lipinski definition) is 5. The van der Waals surface area contributed by atoms with E-state index < -0.39 is 49.2 Å². The quantitative estimate of drug-likeness (QED) is 0.272. The third kappa shape index (κ3) is 6.78. The van der Waals surface area contributed by atoms with Gasteiger partial charge in [-0.05, 0) is 43.0 Å². The average Bonchev–Trinajstić information content (AvgIpc) is 3.18. The number of rotatable bonds is 9. The summed E-state index contributed by atoms with van der Waals surface area (Å²) >= 11 is 0. The topological polar surface area (TPSA) is 89.9 Å². The lowest BCUT2D eigenvalue weighted by molar-refractivity contribution is 0.0508. The Labute approximate surface area is 267 Å². The van der Waals surface area contributed by atoms with Crippen molar-refractivity contribution in [3.05, 3.63) is 98.7 Å². The van der Waals surface area contributed by atoms with E-state index in [-0.39, 0.29) is 46.6 Å². The summed E-state index contributed by atoms with van der Waals surface area (Å²) in [6.45, 7) is 10.9. The largest absolute Gasteiger partial charge is 0.483 e. The number of benzene rings is 2. The van der Waals surface area contributed by atoms with Gasteiger partial charge in [-0.3, -0.25) is 14.4 Å². The highest BCUT2D eigenvalue weighted by atomic mass is 28.4. The molecule has 1 fully saturated rings. The number of ether oxygens (including phenoxy) is 1. The summed E-state index contributed by atoms with van der Waals surface area (Å²) in [4.78, 5) is 43.3. The molecule has 2 aliphatic heterocycles. The van der Waals surface area contributed by atoms with Crippen molar-refractivity contribution in [2.75, 3.05) is 13.2 Å². The molecule has 2 unspecified atom stereocenters. The summed E-state index contributed by atoms with van der Waals surface area (Å²) in [5.74, 6) is -4.97. The Balaban J connectivity index is 1.50. The normalized spacial score (nSPS) is 18.2.